The van der Waals surface area contributed by atoms with E-state index in [2.05, 4.69) is 20.6 Å². The topological polar surface area (TPSA) is 119 Å². The van der Waals surface area contributed by atoms with Gasteiger partial charge in [-0.1, -0.05) is 6.07 Å². The minimum absolute atomic E-state index is 0.0878. The molecule has 31 heavy (non-hydrogen) atoms. The second-order valence-electron chi connectivity index (χ2n) is 7.23. The molecule has 0 saturated carbocycles. The van der Waals surface area contributed by atoms with Gasteiger partial charge in [-0.2, -0.15) is 0 Å². The number of likely N-dealkylation sites (N-methyl/N-ethyl adjacent to an activating group) is 1. The Morgan fingerprint density at radius 1 is 1.26 bits per heavy atom. The first-order valence-corrected chi connectivity index (χ1v) is 11.6. The van der Waals surface area contributed by atoms with Crippen molar-refractivity contribution in [1.29, 1.82) is 0 Å². The Bertz CT molecular complexity index is 1240. The third-order valence-corrected chi connectivity index (χ3v) is 6.46. The molecule has 0 fully saturated rings. The Hall–Kier alpha value is -2.76. The van der Waals surface area contributed by atoms with Crippen molar-refractivity contribution in [3.8, 4) is 0 Å². The number of nitrogens with one attached hydrogen (secondary N) is 2. The Labute approximate surface area is 186 Å². The van der Waals surface area contributed by atoms with Crippen molar-refractivity contribution >= 4 is 61.2 Å². The number of thiophene rings is 1. The zero-order chi connectivity index (χ0) is 22.0. The first-order valence-electron chi connectivity index (χ1n) is 9.56. The van der Waals surface area contributed by atoms with E-state index in [-0.39, 0.29) is 5.91 Å². The van der Waals surface area contributed by atoms with E-state index in [0.717, 1.165) is 27.5 Å². The van der Waals surface area contributed by atoms with E-state index >= 15 is 0 Å². The summed E-state index contributed by atoms with van der Waals surface area (Å²) in [7, 11) is 3.93. The van der Waals surface area contributed by atoms with E-state index in [9.17, 15) is 9.35 Å². The van der Waals surface area contributed by atoms with E-state index in [1.165, 1.54) is 11.3 Å². The second-order valence-corrected chi connectivity index (χ2v) is 9.38. The van der Waals surface area contributed by atoms with Crippen LogP contribution < -0.4 is 15.8 Å². The highest BCUT2D eigenvalue weighted by molar-refractivity contribution is 7.89. The van der Waals surface area contributed by atoms with Crippen LogP contribution in [0.2, 0.25) is 0 Å². The van der Waals surface area contributed by atoms with E-state index < -0.39 is 11.4 Å². The van der Waals surface area contributed by atoms with Gasteiger partial charge in [0.25, 0.3) is 5.91 Å². The zero-order valence-electron chi connectivity index (χ0n) is 17.1. The number of anilines is 2. The van der Waals surface area contributed by atoms with Gasteiger partial charge < -0.3 is 20.1 Å². The third-order valence-electron chi connectivity index (χ3n) is 4.64. The molecular formula is C21H22N6O2S2. The van der Waals surface area contributed by atoms with Gasteiger partial charge in [-0.15, -0.1) is 16.5 Å². The highest BCUT2D eigenvalue weighted by Crippen LogP contribution is 2.31. The molecule has 0 aliphatic rings. The van der Waals surface area contributed by atoms with Gasteiger partial charge in [0.05, 0.1) is 21.8 Å². The highest BCUT2D eigenvalue weighted by Gasteiger charge is 2.14. The number of hydrogen-bond acceptors (Lipinski definition) is 8. The van der Waals surface area contributed by atoms with Gasteiger partial charge in [0.2, 0.25) is 5.95 Å². The number of nitrogens with zero attached hydrogens (tertiary/aromatic N) is 3. The molecule has 2 aromatic carbocycles. The van der Waals surface area contributed by atoms with Crippen LogP contribution in [0.3, 0.4) is 0 Å². The Kier molecular flexibility index (Phi) is 6.35. The van der Waals surface area contributed by atoms with Gasteiger partial charge in [0, 0.05) is 46.5 Å². The number of rotatable bonds is 7. The predicted octanol–water partition coefficient (Wildman–Crippen LogP) is 2.86. The van der Waals surface area contributed by atoms with E-state index in [1.807, 2.05) is 43.3 Å². The van der Waals surface area contributed by atoms with Crippen LogP contribution in [0.5, 0.6) is 0 Å². The molecule has 0 unspecified atom stereocenters. The summed E-state index contributed by atoms with van der Waals surface area (Å²) in [5.74, 6) is 0.318. The molecule has 2 heterocycles. The Morgan fingerprint density at radius 3 is 2.87 bits per heavy atom. The average Bonchev–Trinajstić information content (AvgIpc) is 3.19. The van der Waals surface area contributed by atoms with Crippen LogP contribution in [0.25, 0.3) is 21.0 Å². The number of nitrogens with two attached hydrogens (primary N) is 1. The summed E-state index contributed by atoms with van der Waals surface area (Å²) in [6, 6.07) is 12.8. The summed E-state index contributed by atoms with van der Waals surface area (Å²) in [6.45, 7) is 1.37. The van der Waals surface area contributed by atoms with Gasteiger partial charge in [-0.3, -0.25) is 4.79 Å². The Balaban J connectivity index is 1.63. The molecule has 4 N–H and O–H groups in total. The number of benzene rings is 2. The maximum absolute atomic E-state index is 12.5. The van der Waals surface area contributed by atoms with Crippen molar-refractivity contribution in [2.45, 2.75) is 4.90 Å². The van der Waals surface area contributed by atoms with Crippen LogP contribution in [0.1, 0.15) is 9.67 Å². The summed E-state index contributed by atoms with van der Waals surface area (Å²) >= 11 is -0.125. The minimum atomic E-state index is -1.57. The molecule has 4 rings (SSSR count). The van der Waals surface area contributed by atoms with Gasteiger partial charge in [0.1, 0.15) is 0 Å². The number of fused-ring (bicyclic) bond motifs is 3. The fraction of sp³-hybridized carbons (Fsp3) is 0.190. The molecule has 0 aliphatic heterocycles. The van der Waals surface area contributed by atoms with Crippen molar-refractivity contribution in [2.24, 2.45) is 5.14 Å². The summed E-state index contributed by atoms with van der Waals surface area (Å²) in [4.78, 5) is 24.7. The largest absolute Gasteiger partial charge is 0.593 e. The molecule has 1 amide bonds. The summed E-state index contributed by atoms with van der Waals surface area (Å²) in [5.41, 5.74) is 1.45. The molecule has 0 bridgehead atoms. The maximum Gasteiger partial charge on any atom is 0.261 e. The molecule has 10 heteroatoms. The van der Waals surface area contributed by atoms with E-state index in [4.69, 9.17) is 5.14 Å². The molecule has 0 aliphatic carbocycles. The molecule has 1 atom stereocenters. The lowest BCUT2D eigenvalue weighted by Gasteiger charge is -2.09. The quantitative estimate of drug-likeness (QED) is 0.367. The fourth-order valence-electron chi connectivity index (χ4n) is 3.09. The zero-order valence-corrected chi connectivity index (χ0v) is 18.7. The summed E-state index contributed by atoms with van der Waals surface area (Å²) in [6.07, 6.45) is 1.74. The SMILES string of the molecule is CN(C)CCNC(=O)c1cc2c(ccc3cnc(Nc4cccc([S@@+](N)[O-])c4)nc32)s1. The van der Waals surface area contributed by atoms with Crippen LogP contribution in [0.4, 0.5) is 11.6 Å². The first kappa shape index (κ1) is 21.5. The van der Waals surface area contributed by atoms with Crippen molar-refractivity contribution in [1.82, 2.24) is 20.2 Å². The highest BCUT2D eigenvalue weighted by atomic mass is 32.2. The monoisotopic (exact) mass is 454 g/mol. The Morgan fingerprint density at radius 2 is 2.10 bits per heavy atom. The fourth-order valence-corrected chi connectivity index (χ4v) is 4.52. The van der Waals surface area contributed by atoms with Crippen LogP contribution in [-0.2, 0) is 11.4 Å². The normalized spacial score (nSPS) is 12.4. The minimum Gasteiger partial charge on any atom is -0.593 e. The van der Waals surface area contributed by atoms with Gasteiger partial charge in [-0.05, 0) is 44.4 Å². The molecule has 4 aromatic rings. The number of amides is 1. The number of carbonyl (C=O) groups is 1. The van der Waals surface area contributed by atoms with Gasteiger partial charge in [0.15, 0.2) is 4.90 Å². The molecule has 160 valence electrons. The molecule has 0 spiro atoms. The van der Waals surface area contributed by atoms with Gasteiger partial charge in [-0.25, -0.2) is 9.97 Å². The molecule has 0 radical (unpaired) electrons. The van der Waals surface area contributed by atoms with Crippen LogP contribution in [0.15, 0.2) is 53.6 Å². The number of hydrogen-bond donors (Lipinski definition) is 3. The van der Waals surface area contributed by atoms with Crippen molar-refractivity contribution in [2.75, 3.05) is 32.5 Å². The smallest absolute Gasteiger partial charge is 0.261 e. The van der Waals surface area contributed by atoms with E-state index in [1.54, 1.807) is 24.4 Å². The second kappa shape index (κ2) is 9.16. The van der Waals surface area contributed by atoms with Crippen molar-refractivity contribution in [3.05, 3.63) is 53.5 Å². The lowest BCUT2D eigenvalue weighted by Crippen LogP contribution is -2.30. The van der Waals surface area contributed by atoms with Crippen molar-refractivity contribution < 1.29 is 9.35 Å². The standard InChI is InChI=1S/C21H22N6O2S2/c1-27(2)9-8-23-20(28)18-11-16-17(30-18)7-6-13-12-24-21(26-19(13)16)25-14-4-3-5-15(10-14)31(22)29/h3-7,10-12H,8-9,22H2,1-2H3,(H,23,28)(H,24,25,26)/t31-/m0/s1. The number of carbonyl (C=O) groups excluding carboxylic acids is 1. The molecule has 2 aromatic heterocycles. The maximum atomic E-state index is 12.5. The van der Waals surface area contributed by atoms with Crippen molar-refractivity contribution in [3.63, 3.8) is 0 Å². The van der Waals surface area contributed by atoms with E-state index in [0.29, 0.717) is 28.0 Å². The average molecular weight is 455 g/mol. The summed E-state index contributed by atoms with van der Waals surface area (Å²) < 4.78 is 12.5. The molecule has 0 saturated heterocycles. The first-order chi connectivity index (χ1) is 14.9. The summed E-state index contributed by atoms with van der Waals surface area (Å²) in [5, 5.41) is 13.3. The molecular weight excluding hydrogens is 432 g/mol. The lowest BCUT2D eigenvalue weighted by atomic mass is 10.2. The number of aromatic nitrogens is 2. The molecule has 8 nitrogen and oxygen atoms in total. The van der Waals surface area contributed by atoms with Gasteiger partial charge >= 0.3 is 0 Å². The van der Waals surface area contributed by atoms with Crippen LogP contribution in [0, 0.1) is 0 Å². The lowest BCUT2D eigenvalue weighted by molar-refractivity contribution is 0.0955. The third kappa shape index (κ3) is 4.94. The van der Waals surface area contributed by atoms with Crippen LogP contribution >= 0.6 is 11.3 Å². The predicted molar refractivity (Wildman–Crippen MR) is 126 cm³/mol. The van der Waals surface area contributed by atoms with Crippen LogP contribution in [-0.4, -0.2) is 52.5 Å².